The normalized spacial score (nSPS) is 15.3. The first kappa shape index (κ1) is 14.2. The summed E-state index contributed by atoms with van der Waals surface area (Å²) in [6, 6.07) is 6.39. The molecule has 1 aliphatic carbocycles. The van der Waals surface area contributed by atoms with Crippen LogP contribution in [0, 0.1) is 5.82 Å². The van der Waals surface area contributed by atoms with Crippen LogP contribution in [-0.2, 0) is 17.6 Å². The summed E-state index contributed by atoms with van der Waals surface area (Å²) >= 11 is 1.54. The van der Waals surface area contributed by atoms with E-state index in [2.05, 4.69) is 10.3 Å². The van der Waals surface area contributed by atoms with E-state index >= 15 is 0 Å². The Bertz CT molecular complexity index is 645. The summed E-state index contributed by atoms with van der Waals surface area (Å²) in [7, 11) is 0. The number of rotatable bonds is 3. The van der Waals surface area contributed by atoms with Crippen molar-refractivity contribution in [3.63, 3.8) is 0 Å². The van der Waals surface area contributed by atoms with Gasteiger partial charge in [0.25, 0.3) is 0 Å². The minimum atomic E-state index is -0.535. The monoisotopic (exact) mass is 304 g/mol. The number of nitrogens with zero attached hydrogens (tertiary/aromatic N) is 1. The number of thiazole rings is 1. The Morgan fingerprint density at radius 1 is 1.33 bits per heavy atom. The highest BCUT2D eigenvalue weighted by molar-refractivity contribution is 7.15. The van der Waals surface area contributed by atoms with Crippen molar-refractivity contribution in [1.29, 1.82) is 0 Å². The van der Waals surface area contributed by atoms with Crippen LogP contribution in [0.3, 0.4) is 0 Å². The van der Waals surface area contributed by atoms with Crippen LogP contribution in [0.25, 0.3) is 0 Å². The molecule has 0 spiro atoms. The molecule has 0 saturated heterocycles. The van der Waals surface area contributed by atoms with E-state index in [0.717, 1.165) is 25.0 Å². The highest BCUT2D eigenvalue weighted by Crippen LogP contribution is 2.30. The molecule has 110 valence electrons. The molecular weight excluding hydrogens is 287 g/mol. The maximum atomic E-state index is 13.7. The topological polar surface area (TPSA) is 42.0 Å². The van der Waals surface area contributed by atoms with Crippen LogP contribution in [0.2, 0.25) is 0 Å². The van der Waals surface area contributed by atoms with Crippen molar-refractivity contribution in [2.75, 3.05) is 5.32 Å². The Morgan fingerprint density at radius 2 is 2.10 bits per heavy atom. The molecule has 0 saturated carbocycles. The van der Waals surface area contributed by atoms with Gasteiger partial charge in [0.05, 0.1) is 11.6 Å². The van der Waals surface area contributed by atoms with Gasteiger partial charge in [-0.05, 0) is 44.2 Å². The van der Waals surface area contributed by atoms with Gasteiger partial charge >= 0.3 is 0 Å². The van der Waals surface area contributed by atoms with Gasteiger partial charge in [-0.2, -0.15) is 0 Å². The van der Waals surface area contributed by atoms with E-state index in [-0.39, 0.29) is 11.7 Å². The number of carbonyl (C=O) groups excluding carboxylic acids is 1. The number of aryl methyl sites for hydroxylation is 2. The first-order chi connectivity index (χ1) is 10.1. The van der Waals surface area contributed by atoms with Gasteiger partial charge < -0.3 is 5.32 Å². The van der Waals surface area contributed by atoms with Crippen molar-refractivity contribution < 1.29 is 9.18 Å². The zero-order chi connectivity index (χ0) is 14.8. The van der Waals surface area contributed by atoms with E-state index in [9.17, 15) is 9.18 Å². The van der Waals surface area contributed by atoms with Gasteiger partial charge in [-0.15, -0.1) is 11.3 Å². The number of anilines is 1. The van der Waals surface area contributed by atoms with Crippen molar-refractivity contribution in [3.05, 3.63) is 46.2 Å². The SMILES string of the molecule is CC(C(=O)Nc1nc2c(s1)CCCC2)c1ccccc1F. The number of aromatic nitrogens is 1. The number of hydrogen-bond acceptors (Lipinski definition) is 3. The van der Waals surface area contributed by atoms with Crippen LogP contribution >= 0.6 is 11.3 Å². The molecule has 21 heavy (non-hydrogen) atoms. The molecule has 0 radical (unpaired) electrons. The molecule has 2 aromatic rings. The molecule has 3 rings (SSSR count). The zero-order valence-corrected chi connectivity index (χ0v) is 12.7. The van der Waals surface area contributed by atoms with Crippen molar-refractivity contribution in [2.45, 2.75) is 38.5 Å². The van der Waals surface area contributed by atoms with Crippen LogP contribution in [-0.4, -0.2) is 10.9 Å². The number of amides is 1. The van der Waals surface area contributed by atoms with Crippen molar-refractivity contribution in [3.8, 4) is 0 Å². The first-order valence-corrected chi connectivity index (χ1v) is 8.00. The summed E-state index contributed by atoms with van der Waals surface area (Å²) in [5.41, 5.74) is 1.52. The van der Waals surface area contributed by atoms with Crippen LogP contribution in [0.15, 0.2) is 24.3 Å². The van der Waals surface area contributed by atoms with Crippen molar-refractivity contribution in [1.82, 2.24) is 4.98 Å². The summed E-state index contributed by atoms with van der Waals surface area (Å²) in [5, 5.41) is 3.46. The van der Waals surface area contributed by atoms with Crippen LogP contribution < -0.4 is 5.32 Å². The first-order valence-electron chi connectivity index (χ1n) is 7.19. The van der Waals surface area contributed by atoms with Crippen LogP contribution in [0.1, 0.15) is 41.8 Å². The third-order valence-electron chi connectivity index (χ3n) is 3.84. The van der Waals surface area contributed by atoms with Crippen molar-refractivity contribution >= 4 is 22.4 Å². The lowest BCUT2D eigenvalue weighted by molar-refractivity contribution is -0.117. The smallest absolute Gasteiger partial charge is 0.233 e. The Labute approximate surface area is 127 Å². The fourth-order valence-electron chi connectivity index (χ4n) is 2.59. The summed E-state index contributed by atoms with van der Waals surface area (Å²) in [4.78, 5) is 18.0. The van der Waals surface area contributed by atoms with E-state index in [4.69, 9.17) is 0 Å². The number of hydrogen-bond donors (Lipinski definition) is 1. The maximum Gasteiger partial charge on any atom is 0.233 e. The maximum absolute atomic E-state index is 13.7. The predicted octanol–water partition coefficient (Wildman–Crippen LogP) is 3.90. The molecule has 1 aliphatic rings. The Kier molecular flexibility index (Phi) is 4.01. The van der Waals surface area contributed by atoms with Gasteiger partial charge in [-0.1, -0.05) is 18.2 Å². The molecule has 1 aromatic carbocycles. The second kappa shape index (κ2) is 5.93. The summed E-state index contributed by atoms with van der Waals surface area (Å²) < 4.78 is 13.7. The lowest BCUT2D eigenvalue weighted by Crippen LogP contribution is -2.19. The van der Waals surface area contributed by atoms with Gasteiger partial charge in [0.2, 0.25) is 5.91 Å². The molecule has 1 heterocycles. The van der Waals surface area contributed by atoms with Crippen LogP contribution in [0.5, 0.6) is 0 Å². The number of carbonyl (C=O) groups is 1. The second-order valence-corrected chi connectivity index (χ2v) is 6.41. The Hall–Kier alpha value is -1.75. The lowest BCUT2D eigenvalue weighted by Gasteiger charge is -2.11. The molecule has 0 fully saturated rings. The third-order valence-corrected chi connectivity index (χ3v) is 4.91. The minimum Gasteiger partial charge on any atom is -0.301 e. The Balaban J connectivity index is 1.74. The molecule has 1 N–H and O–H groups in total. The van der Waals surface area contributed by atoms with Gasteiger partial charge in [0, 0.05) is 4.88 Å². The fourth-order valence-corrected chi connectivity index (χ4v) is 3.64. The molecule has 1 unspecified atom stereocenters. The van der Waals surface area contributed by atoms with Gasteiger partial charge in [-0.3, -0.25) is 4.79 Å². The third kappa shape index (κ3) is 2.97. The van der Waals surface area contributed by atoms with Crippen LogP contribution in [0.4, 0.5) is 9.52 Å². The molecular formula is C16H17FN2OS. The predicted molar refractivity (Wildman–Crippen MR) is 82.2 cm³/mol. The van der Waals surface area contributed by atoms with Gasteiger partial charge in [-0.25, -0.2) is 9.37 Å². The standard InChI is InChI=1S/C16H17FN2OS/c1-10(11-6-2-3-7-12(11)17)15(20)19-16-18-13-8-4-5-9-14(13)21-16/h2-3,6-7,10H,4-5,8-9H2,1H3,(H,18,19,20). The molecule has 0 aliphatic heterocycles. The highest BCUT2D eigenvalue weighted by atomic mass is 32.1. The molecule has 0 bridgehead atoms. The fraction of sp³-hybridized carbons (Fsp3) is 0.375. The molecule has 1 aromatic heterocycles. The van der Waals surface area contributed by atoms with Crippen molar-refractivity contribution in [2.24, 2.45) is 0 Å². The molecule has 5 heteroatoms. The van der Waals surface area contributed by atoms with Gasteiger partial charge in [0.1, 0.15) is 5.82 Å². The largest absolute Gasteiger partial charge is 0.301 e. The van der Waals surface area contributed by atoms with E-state index in [1.54, 1.807) is 36.5 Å². The van der Waals surface area contributed by atoms with E-state index in [1.165, 1.54) is 17.4 Å². The summed E-state index contributed by atoms with van der Waals surface area (Å²) in [5.74, 6) is -1.10. The minimum absolute atomic E-state index is 0.216. The zero-order valence-electron chi connectivity index (χ0n) is 11.9. The average Bonchev–Trinajstić information content (AvgIpc) is 2.89. The lowest BCUT2D eigenvalue weighted by atomic mass is 10.00. The van der Waals surface area contributed by atoms with E-state index < -0.39 is 5.92 Å². The average molecular weight is 304 g/mol. The number of nitrogens with one attached hydrogen (secondary N) is 1. The highest BCUT2D eigenvalue weighted by Gasteiger charge is 2.21. The van der Waals surface area contributed by atoms with Gasteiger partial charge in [0.15, 0.2) is 5.13 Å². The Morgan fingerprint density at radius 3 is 2.86 bits per heavy atom. The second-order valence-electron chi connectivity index (χ2n) is 5.33. The molecule has 3 nitrogen and oxygen atoms in total. The van der Waals surface area contributed by atoms with E-state index in [1.807, 2.05) is 0 Å². The quantitative estimate of drug-likeness (QED) is 0.934. The summed E-state index contributed by atoms with van der Waals surface area (Å²) in [6.07, 6.45) is 4.39. The van der Waals surface area contributed by atoms with E-state index in [0.29, 0.717) is 10.7 Å². The summed E-state index contributed by atoms with van der Waals surface area (Å²) in [6.45, 7) is 1.71. The number of benzene rings is 1. The molecule has 1 atom stereocenters. The number of fused-ring (bicyclic) bond motifs is 1. The number of halogens is 1. The molecule has 1 amide bonds.